The number of halogens is 2. The predicted octanol–water partition coefficient (Wildman–Crippen LogP) is 5.12. The average Bonchev–Trinajstić information content (AvgIpc) is 2.84. The highest BCUT2D eigenvalue weighted by Gasteiger charge is 2.25. The SMILES string of the molecule is O=C(Nc1ccccc1C(=O)N1CCN(c2cccc(Cl)c2)CC1)c1ccc([N+](=O)[O-])cc1Cl. The Morgan fingerprint density at radius 3 is 2.29 bits per heavy atom. The van der Waals surface area contributed by atoms with Crippen molar-refractivity contribution in [2.45, 2.75) is 0 Å². The summed E-state index contributed by atoms with van der Waals surface area (Å²) in [5.41, 5.74) is 1.56. The number of anilines is 2. The number of carbonyl (C=O) groups is 2. The molecule has 2 amide bonds. The van der Waals surface area contributed by atoms with E-state index in [-0.39, 0.29) is 22.2 Å². The second-order valence-electron chi connectivity index (χ2n) is 7.68. The van der Waals surface area contributed by atoms with E-state index in [1.807, 2.05) is 24.3 Å². The molecule has 1 aliphatic rings. The van der Waals surface area contributed by atoms with Gasteiger partial charge in [0.1, 0.15) is 0 Å². The van der Waals surface area contributed by atoms with Crippen LogP contribution in [0.2, 0.25) is 10.0 Å². The van der Waals surface area contributed by atoms with Crippen molar-refractivity contribution >= 4 is 52.1 Å². The second-order valence-corrected chi connectivity index (χ2v) is 8.52. The fourth-order valence-electron chi connectivity index (χ4n) is 3.78. The van der Waals surface area contributed by atoms with Crippen LogP contribution in [0.5, 0.6) is 0 Å². The molecule has 0 spiro atoms. The van der Waals surface area contributed by atoms with Gasteiger partial charge in [0.05, 0.1) is 26.8 Å². The largest absolute Gasteiger partial charge is 0.368 e. The van der Waals surface area contributed by atoms with E-state index in [1.54, 1.807) is 29.2 Å². The summed E-state index contributed by atoms with van der Waals surface area (Å²) in [5, 5.41) is 14.2. The van der Waals surface area contributed by atoms with Gasteiger partial charge in [-0.3, -0.25) is 19.7 Å². The third-order valence-corrected chi connectivity index (χ3v) is 6.10. The molecule has 34 heavy (non-hydrogen) atoms. The number of non-ortho nitro benzene ring substituents is 1. The van der Waals surface area contributed by atoms with E-state index in [1.165, 1.54) is 12.1 Å². The molecule has 1 aliphatic heterocycles. The lowest BCUT2D eigenvalue weighted by molar-refractivity contribution is -0.384. The number of piperazine rings is 1. The first-order chi connectivity index (χ1) is 16.3. The number of hydrogen-bond acceptors (Lipinski definition) is 5. The number of rotatable bonds is 5. The molecule has 1 N–H and O–H groups in total. The summed E-state index contributed by atoms with van der Waals surface area (Å²) in [5.74, 6) is -0.762. The Hall–Kier alpha value is -3.62. The Balaban J connectivity index is 1.47. The van der Waals surface area contributed by atoms with E-state index in [9.17, 15) is 19.7 Å². The maximum atomic E-state index is 13.3. The van der Waals surface area contributed by atoms with E-state index in [0.29, 0.717) is 42.5 Å². The van der Waals surface area contributed by atoms with Gasteiger partial charge in [-0.05, 0) is 36.4 Å². The van der Waals surface area contributed by atoms with E-state index in [0.717, 1.165) is 11.8 Å². The first-order valence-corrected chi connectivity index (χ1v) is 11.2. The van der Waals surface area contributed by atoms with Gasteiger partial charge in [-0.25, -0.2) is 0 Å². The molecule has 1 heterocycles. The number of benzene rings is 3. The number of hydrogen-bond donors (Lipinski definition) is 1. The number of para-hydroxylation sites is 1. The summed E-state index contributed by atoms with van der Waals surface area (Å²) < 4.78 is 0. The molecule has 10 heteroatoms. The molecule has 174 valence electrons. The first-order valence-electron chi connectivity index (χ1n) is 10.5. The molecule has 8 nitrogen and oxygen atoms in total. The van der Waals surface area contributed by atoms with Crippen LogP contribution in [0.4, 0.5) is 17.1 Å². The molecule has 0 unspecified atom stereocenters. The van der Waals surface area contributed by atoms with Crippen molar-refractivity contribution in [3.05, 3.63) is 98.0 Å². The smallest absolute Gasteiger partial charge is 0.270 e. The van der Waals surface area contributed by atoms with E-state index >= 15 is 0 Å². The topological polar surface area (TPSA) is 95.8 Å². The van der Waals surface area contributed by atoms with Crippen LogP contribution in [0.1, 0.15) is 20.7 Å². The summed E-state index contributed by atoms with van der Waals surface area (Å²) in [6, 6.07) is 17.9. The van der Waals surface area contributed by atoms with Gasteiger partial charge in [0, 0.05) is 49.0 Å². The predicted molar refractivity (Wildman–Crippen MR) is 132 cm³/mol. The van der Waals surface area contributed by atoms with Crippen molar-refractivity contribution < 1.29 is 14.5 Å². The van der Waals surface area contributed by atoms with E-state index < -0.39 is 10.8 Å². The molecule has 0 aromatic heterocycles. The van der Waals surface area contributed by atoms with Gasteiger partial charge >= 0.3 is 0 Å². The van der Waals surface area contributed by atoms with E-state index in [2.05, 4.69) is 10.2 Å². The van der Waals surface area contributed by atoms with Crippen LogP contribution in [0.25, 0.3) is 0 Å². The third-order valence-electron chi connectivity index (χ3n) is 5.55. The molecule has 3 aromatic carbocycles. The number of nitrogens with zero attached hydrogens (tertiary/aromatic N) is 3. The number of nitro groups is 1. The van der Waals surface area contributed by atoms with Gasteiger partial charge in [-0.15, -0.1) is 0 Å². The monoisotopic (exact) mass is 498 g/mol. The molecule has 0 aliphatic carbocycles. The molecule has 0 atom stereocenters. The lowest BCUT2D eigenvalue weighted by Crippen LogP contribution is -2.49. The first kappa shape index (κ1) is 23.5. The second kappa shape index (κ2) is 10.1. The zero-order valence-electron chi connectivity index (χ0n) is 17.9. The molecule has 3 aromatic rings. The quantitative estimate of drug-likeness (QED) is 0.389. The van der Waals surface area contributed by atoms with Crippen LogP contribution >= 0.6 is 23.2 Å². The Morgan fingerprint density at radius 2 is 1.62 bits per heavy atom. The fraction of sp³-hybridized carbons (Fsp3) is 0.167. The minimum atomic E-state index is -0.590. The summed E-state index contributed by atoms with van der Waals surface area (Å²) in [6.45, 7) is 2.33. The van der Waals surface area contributed by atoms with Crippen molar-refractivity contribution in [2.75, 3.05) is 36.4 Å². The molecule has 0 bridgehead atoms. The molecule has 1 saturated heterocycles. The van der Waals surface area contributed by atoms with Gasteiger partial charge in [-0.2, -0.15) is 0 Å². The van der Waals surface area contributed by atoms with Gasteiger partial charge in [0.25, 0.3) is 17.5 Å². The Morgan fingerprint density at radius 1 is 0.882 bits per heavy atom. The van der Waals surface area contributed by atoms with Crippen molar-refractivity contribution in [3.8, 4) is 0 Å². The molecule has 4 rings (SSSR count). The normalized spacial score (nSPS) is 13.5. The number of carbonyl (C=O) groups excluding carboxylic acids is 2. The zero-order chi connectivity index (χ0) is 24.2. The Bertz CT molecular complexity index is 1260. The summed E-state index contributed by atoms with van der Waals surface area (Å²) in [7, 11) is 0. The minimum Gasteiger partial charge on any atom is -0.368 e. The molecule has 0 radical (unpaired) electrons. The average molecular weight is 499 g/mol. The van der Waals surface area contributed by atoms with Crippen molar-refractivity contribution in [1.82, 2.24) is 4.90 Å². The molecule has 0 saturated carbocycles. The van der Waals surface area contributed by atoms with E-state index in [4.69, 9.17) is 23.2 Å². The molecule has 1 fully saturated rings. The lowest BCUT2D eigenvalue weighted by atomic mass is 10.1. The Labute approximate surface area is 205 Å². The van der Waals surface area contributed by atoms with Crippen molar-refractivity contribution in [2.24, 2.45) is 0 Å². The van der Waals surface area contributed by atoms with Crippen LogP contribution < -0.4 is 10.2 Å². The van der Waals surface area contributed by atoms with Gasteiger partial charge in [0.15, 0.2) is 0 Å². The van der Waals surface area contributed by atoms with Crippen LogP contribution in [-0.4, -0.2) is 47.8 Å². The fourth-order valence-corrected chi connectivity index (χ4v) is 4.23. The summed E-state index contributed by atoms with van der Waals surface area (Å²) >= 11 is 12.2. The van der Waals surface area contributed by atoms with Crippen LogP contribution in [-0.2, 0) is 0 Å². The minimum absolute atomic E-state index is 0.0485. The summed E-state index contributed by atoms with van der Waals surface area (Å²) in [6.07, 6.45) is 0. The highest BCUT2D eigenvalue weighted by molar-refractivity contribution is 6.34. The molecular formula is C24H20Cl2N4O4. The van der Waals surface area contributed by atoms with Gasteiger partial charge in [-0.1, -0.05) is 41.4 Å². The maximum absolute atomic E-state index is 13.3. The van der Waals surface area contributed by atoms with Crippen LogP contribution in [0, 0.1) is 10.1 Å². The number of nitro benzene ring substituents is 1. The van der Waals surface area contributed by atoms with Gasteiger partial charge < -0.3 is 15.1 Å². The standard InChI is InChI=1S/C24H20Cl2N4O4/c25-16-4-3-5-17(14-16)28-10-12-29(13-11-28)24(32)20-6-1-2-7-22(20)27-23(31)19-9-8-18(30(33)34)15-21(19)26/h1-9,14-15H,10-13H2,(H,27,31). The third kappa shape index (κ3) is 5.13. The maximum Gasteiger partial charge on any atom is 0.270 e. The summed E-state index contributed by atoms with van der Waals surface area (Å²) in [4.78, 5) is 40.3. The number of amides is 2. The lowest BCUT2D eigenvalue weighted by Gasteiger charge is -2.36. The zero-order valence-corrected chi connectivity index (χ0v) is 19.4. The van der Waals surface area contributed by atoms with Crippen molar-refractivity contribution in [3.63, 3.8) is 0 Å². The highest BCUT2D eigenvalue weighted by Crippen LogP contribution is 2.26. The van der Waals surface area contributed by atoms with Crippen LogP contribution in [0.3, 0.4) is 0 Å². The highest BCUT2D eigenvalue weighted by atomic mass is 35.5. The Kier molecular flexibility index (Phi) is 7.00. The van der Waals surface area contributed by atoms with Crippen molar-refractivity contribution in [1.29, 1.82) is 0 Å². The molecular weight excluding hydrogens is 479 g/mol. The van der Waals surface area contributed by atoms with Gasteiger partial charge in [0.2, 0.25) is 0 Å². The number of nitrogens with one attached hydrogen (secondary N) is 1. The van der Waals surface area contributed by atoms with Crippen LogP contribution in [0.15, 0.2) is 66.7 Å².